The second-order valence-corrected chi connectivity index (χ2v) is 4.29. The average molecular weight is 216 g/mol. The summed E-state index contributed by atoms with van der Waals surface area (Å²) in [5.74, 6) is 0. The summed E-state index contributed by atoms with van der Waals surface area (Å²) in [6.45, 7) is 1.87. The van der Waals surface area contributed by atoms with Crippen molar-refractivity contribution in [1.82, 2.24) is 10.0 Å². The molecule has 0 aliphatic carbocycles. The van der Waals surface area contributed by atoms with Gasteiger partial charge in [-0.2, -0.15) is 4.73 Å². The number of hydrogen-bond acceptors (Lipinski definition) is 2. The maximum atomic E-state index is 5.80. The molecule has 3 rings (SSSR count). The van der Waals surface area contributed by atoms with Gasteiger partial charge < -0.3 is 10.2 Å². The normalized spacial score (nSPS) is 20.4. The Morgan fingerprint density at radius 2 is 2.25 bits per heavy atom. The van der Waals surface area contributed by atoms with E-state index < -0.39 is 0 Å². The van der Waals surface area contributed by atoms with Gasteiger partial charge in [0.25, 0.3) is 0 Å². The smallest absolute Gasteiger partial charge is 0.130 e. The fourth-order valence-corrected chi connectivity index (χ4v) is 2.24. The Morgan fingerprint density at radius 1 is 1.31 bits per heavy atom. The third-order valence-corrected chi connectivity index (χ3v) is 3.14. The molecule has 1 fully saturated rings. The first-order chi connectivity index (χ1) is 7.93. The van der Waals surface area contributed by atoms with Gasteiger partial charge in [0.1, 0.15) is 6.61 Å². The number of para-hydroxylation sites is 1. The zero-order chi connectivity index (χ0) is 10.8. The van der Waals surface area contributed by atoms with Gasteiger partial charge in [0.05, 0.1) is 5.52 Å². The Hall–Kier alpha value is -1.48. The van der Waals surface area contributed by atoms with Gasteiger partial charge in [-0.05, 0) is 31.5 Å². The average Bonchev–Trinajstić information content (AvgIpc) is 2.96. The van der Waals surface area contributed by atoms with Crippen LogP contribution in [-0.2, 0) is 0 Å². The summed E-state index contributed by atoms with van der Waals surface area (Å²) >= 11 is 0. The first kappa shape index (κ1) is 9.73. The fourth-order valence-electron chi connectivity index (χ4n) is 2.24. The van der Waals surface area contributed by atoms with Crippen molar-refractivity contribution in [3.05, 3.63) is 36.5 Å². The maximum Gasteiger partial charge on any atom is 0.130 e. The van der Waals surface area contributed by atoms with Crippen LogP contribution in [0.2, 0.25) is 0 Å². The number of hydrogen-bond donors (Lipinski definition) is 1. The van der Waals surface area contributed by atoms with E-state index in [0.29, 0.717) is 6.04 Å². The molecule has 0 bridgehead atoms. The molecule has 1 saturated heterocycles. The Morgan fingerprint density at radius 3 is 3.12 bits per heavy atom. The highest BCUT2D eigenvalue weighted by Crippen LogP contribution is 2.14. The molecule has 1 N–H and O–H groups in total. The highest BCUT2D eigenvalue weighted by atomic mass is 16.7. The van der Waals surface area contributed by atoms with Crippen molar-refractivity contribution in [2.45, 2.75) is 18.9 Å². The molecule has 0 spiro atoms. The highest BCUT2D eigenvalue weighted by Gasteiger charge is 2.14. The van der Waals surface area contributed by atoms with Gasteiger partial charge in [-0.3, -0.25) is 0 Å². The zero-order valence-electron chi connectivity index (χ0n) is 9.23. The van der Waals surface area contributed by atoms with Crippen molar-refractivity contribution in [1.29, 1.82) is 0 Å². The van der Waals surface area contributed by atoms with E-state index in [0.717, 1.165) is 18.7 Å². The molecule has 3 heteroatoms. The van der Waals surface area contributed by atoms with Gasteiger partial charge in [-0.15, -0.1) is 0 Å². The predicted molar refractivity (Wildman–Crippen MR) is 64.4 cm³/mol. The molecule has 1 aromatic carbocycles. The number of aromatic nitrogens is 1. The number of benzene rings is 1. The molecule has 3 nitrogen and oxygen atoms in total. The second-order valence-electron chi connectivity index (χ2n) is 4.29. The van der Waals surface area contributed by atoms with Crippen molar-refractivity contribution in [2.75, 3.05) is 13.2 Å². The van der Waals surface area contributed by atoms with Gasteiger partial charge >= 0.3 is 0 Å². The minimum atomic E-state index is 0.515. The highest BCUT2D eigenvalue weighted by molar-refractivity contribution is 5.79. The van der Waals surface area contributed by atoms with Crippen LogP contribution in [0.5, 0.6) is 0 Å². The van der Waals surface area contributed by atoms with Crippen molar-refractivity contribution in [2.24, 2.45) is 0 Å². The molecule has 2 aromatic rings. The molecule has 16 heavy (non-hydrogen) atoms. The molecule has 1 aromatic heterocycles. The summed E-state index contributed by atoms with van der Waals surface area (Å²) in [7, 11) is 0. The van der Waals surface area contributed by atoms with E-state index in [2.05, 4.69) is 23.5 Å². The maximum absolute atomic E-state index is 5.80. The standard InChI is InChI=1S/C13H16N2O/c1-2-6-13-11(4-1)7-9-15(13)16-10-12-5-3-8-14-12/h1-2,4,6-7,9,12,14H,3,5,8,10H2. The molecule has 1 aliphatic heterocycles. The lowest BCUT2D eigenvalue weighted by Gasteiger charge is -2.13. The van der Waals surface area contributed by atoms with Crippen LogP contribution in [0.25, 0.3) is 10.9 Å². The quantitative estimate of drug-likeness (QED) is 0.847. The summed E-state index contributed by atoms with van der Waals surface area (Å²) in [5.41, 5.74) is 1.14. The minimum absolute atomic E-state index is 0.515. The molecule has 1 aliphatic rings. The molecule has 0 saturated carbocycles. The van der Waals surface area contributed by atoms with Crippen molar-refractivity contribution < 1.29 is 4.84 Å². The summed E-state index contributed by atoms with van der Waals surface area (Å²) in [6, 6.07) is 10.9. The van der Waals surface area contributed by atoms with E-state index in [-0.39, 0.29) is 0 Å². The van der Waals surface area contributed by atoms with Gasteiger partial charge in [-0.25, -0.2) is 0 Å². The number of nitrogens with one attached hydrogen (secondary N) is 1. The Labute approximate surface area is 95.0 Å². The second kappa shape index (κ2) is 4.18. The van der Waals surface area contributed by atoms with E-state index in [1.807, 2.05) is 23.1 Å². The summed E-state index contributed by atoms with van der Waals surface area (Å²) in [6.07, 6.45) is 4.47. The van der Waals surface area contributed by atoms with Crippen LogP contribution in [0.1, 0.15) is 12.8 Å². The molecule has 2 heterocycles. The van der Waals surface area contributed by atoms with Crippen LogP contribution in [-0.4, -0.2) is 23.9 Å². The third-order valence-electron chi connectivity index (χ3n) is 3.14. The Kier molecular flexibility index (Phi) is 2.54. The monoisotopic (exact) mass is 216 g/mol. The third kappa shape index (κ3) is 1.78. The SMILES string of the molecule is c1ccc2c(c1)ccn2OCC1CCCN1. The molecule has 1 atom stereocenters. The van der Waals surface area contributed by atoms with Crippen LogP contribution >= 0.6 is 0 Å². The van der Waals surface area contributed by atoms with Crippen LogP contribution in [0.15, 0.2) is 36.5 Å². The van der Waals surface area contributed by atoms with E-state index in [1.165, 1.54) is 18.2 Å². The summed E-state index contributed by atoms with van der Waals surface area (Å²) < 4.78 is 1.87. The van der Waals surface area contributed by atoms with E-state index in [4.69, 9.17) is 4.84 Å². The molecular formula is C13H16N2O. The minimum Gasteiger partial charge on any atom is -0.412 e. The van der Waals surface area contributed by atoms with Crippen LogP contribution in [0.3, 0.4) is 0 Å². The van der Waals surface area contributed by atoms with Crippen LogP contribution in [0, 0.1) is 0 Å². The van der Waals surface area contributed by atoms with Gasteiger partial charge in [0.2, 0.25) is 0 Å². The molecular weight excluding hydrogens is 200 g/mol. The van der Waals surface area contributed by atoms with Gasteiger partial charge in [0.15, 0.2) is 0 Å². The first-order valence-corrected chi connectivity index (χ1v) is 5.86. The lowest BCUT2D eigenvalue weighted by Crippen LogP contribution is -2.31. The van der Waals surface area contributed by atoms with E-state index in [9.17, 15) is 0 Å². The Balaban J connectivity index is 1.73. The van der Waals surface area contributed by atoms with Crippen molar-refractivity contribution in [3.8, 4) is 0 Å². The topological polar surface area (TPSA) is 26.2 Å². The number of rotatable bonds is 3. The van der Waals surface area contributed by atoms with E-state index >= 15 is 0 Å². The van der Waals surface area contributed by atoms with Gasteiger partial charge in [-0.1, -0.05) is 18.2 Å². The lowest BCUT2D eigenvalue weighted by atomic mass is 10.2. The molecule has 1 unspecified atom stereocenters. The molecule has 0 radical (unpaired) electrons. The summed E-state index contributed by atoms with van der Waals surface area (Å²) in [5, 5.41) is 4.65. The van der Waals surface area contributed by atoms with Crippen molar-refractivity contribution >= 4 is 10.9 Å². The van der Waals surface area contributed by atoms with Gasteiger partial charge in [0, 0.05) is 17.6 Å². The largest absolute Gasteiger partial charge is 0.412 e. The fraction of sp³-hybridized carbons (Fsp3) is 0.385. The number of fused-ring (bicyclic) bond motifs is 1. The van der Waals surface area contributed by atoms with Crippen molar-refractivity contribution in [3.63, 3.8) is 0 Å². The van der Waals surface area contributed by atoms with Crippen LogP contribution < -0.4 is 10.2 Å². The molecule has 84 valence electrons. The Bertz CT molecular complexity index is 471. The zero-order valence-corrected chi connectivity index (χ0v) is 9.23. The number of nitrogens with zero attached hydrogens (tertiary/aromatic N) is 1. The van der Waals surface area contributed by atoms with Crippen LogP contribution in [0.4, 0.5) is 0 Å². The predicted octanol–water partition coefficient (Wildman–Crippen LogP) is 1.82. The van der Waals surface area contributed by atoms with E-state index in [1.54, 1.807) is 0 Å². The molecule has 0 amide bonds. The lowest BCUT2D eigenvalue weighted by molar-refractivity contribution is 0.104. The first-order valence-electron chi connectivity index (χ1n) is 5.86. The summed E-state index contributed by atoms with van der Waals surface area (Å²) in [4.78, 5) is 5.80.